The number of anilines is 2. The van der Waals surface area contributed by atoms with Crippen LogP contribution in [0, 0.1) is 0 Å². The van der Waals surface area contributed by atoms with Crippen molar-refractivity contribution in [1.82, 2.24) is 9.97 Å². The Hall–Kier alpha value is -2.63. The molecule has 0 saturated carbocycles. The Labute approximate surface area is 136 Å². The maximum atomic E-state index is 12.4. The van der Waals surface area contributed by atoms with E-state index < -0.39 is 0 Å². The van der Waals surface area contributed by atoms with Gasteiger partial charge >= 0.3 is 0 Å². The molecular formula is C17H22N4O2. The number of nitrogens with zero attached hydrogens (tertiary/aromatic N) is 2. The van der Waals surface area contributed by atoms with E-state index in [1.807, 2.05) is 45.9 Å². The molecule has 1 aromatic carbocycles. The number of carbonyl (C=O) groups is 1. The summed E-state index contributed by atoms with van der Waals surface area (Å²) in [6, 6.07) is 9.17. The van der Waals surface area contributed by atoms with Gasteiger partial charge in [0.2, 0.25) is 0 Å². The molecule has 0 radical (unpaired) electrons. The van der Waals surface area contributed by atoms with Gasteiger partial charge in [-0.3, -0.25) is 4.79 Å². The van der Waals surface area contributed by atoms with Crippen molar-refractivity contribution in [3.05, 3.63) is 42.4 Å². The summed E-state index contributed by atoms with van der Waals surface area (Å²) >= 11 is 0. The zero-order valence-electron chi connectivity index (χ0n) is 13.8. The molecule has 122 valence electrons. The number of benzene rings is 1. The van der Waals surface area contributed by atoms with E-state index in [1.165, 1.54) is 6.33 Å². The van der Waals surface area contributed by atoms with Crippen molar-refractivity contribution in [1.29, 1.82) is 0 Å². The van der Waals surface area contributed by atoms with Gasteiger partial charge in [0.05, 0.1) is 11.8 Å². The Bertz CT molecular complexity index is 671. The SMILES string of the molecule is CC(C)Nc1cc(C(=O)Nc2ccccc2OC(C)C)ncn1. The summed E-state index contributed by atoms with van der Waals surface area (Å²) in [6.07, 6.45) is 1.39. The van der Waals surface area contributed by atoms with Crippen LogP contribution in [0.5, 0.6) is 5.75 Å². The third-order valence-electron chi connectivity index (χ3n) is 2.83. The van der Waals surface area contributed by atoms with Crippen molar-refractivity contribution in [2.75, 3.05) is 10.6 Å². The van der Waals surface area contributed by atoms with E-state index in [4.69, 9.17) is 4.74 Å². The van der Waals surface area contributed by atoms with Crippen molar-refractivity contribution in [2.24, 2.45) is 0 Å². The molecule has 2 N–H and O–H groups in total. The van der Waals surface area contributed by atoms with E-state index in [0.29, 0.717) is 22.9 Å². The standard InChI is InChI=1S/C17H22N4O2/c1-11(2)20-16-9-14(18-10-19-16)17(22)21-13-7-5-6-8-15(13)23-12(3)4/h5-12H,1-4H3,(H,21,22)(H,18,19,20). The van der Waals surface area contributed by atoms with Gasteiger partial charge in [0.25, 0.3) is 5.91 Å². The van der Waals surface area contributed by atoms with Crippen LogP contribution in [0.2, 0.25) is 0 Å². The van der Waals surface area contributed by atoms with Crippen LogP contribution in [0.15, 0.2) is 36.7 Å². The van der Waals surface area contributed by atoms with Gasteiger partial charge in [-0.2, -0.15) is 0 Å². The molecule has 0 bridgehead atoms. The Morgan fingerprint density at radius 1 is 1.13 bits per heavy atom. The molecule has 0 aliphatic rings. The monoisotopic (exact) mass is 314 g/mol. The highest BCUT2D eigenvalue weighted by Gasteiger charge is 2.13. The minimum absolute atomic E-state index is 0.0222. The van der Waals surface area contributed by atoms with Crippen molar-refractivity contribution < 1.29 is 9.53 Å². The first-order chi connectivity index (χ1) is 11.0. The van der Waals surface area contributed by atoms with Gasteiger partial charge in [-0.1, -0.05) is 12.1 Å². The number of ether oxygens (including phenoxy) is 1. The van der Waals surface area contributed by atoms with E-state index in [1.54, 1.807) is 12.1 Å². The summed E-state index contributed by atoms with van der Waals surface area (Å²) in [5.74, 6) is 0.941. The molecule has 1 aromatic heterocycles. The lowest BCUT2D eigenvalue weighted by atomic mass is 10.2. The molecular weight excluding hydrogens is 292 g/mol. The first-order valence-electron chi connectivity index (χ1n) is 7.61. The second-order valence-electron chi connectivity index (χ2n) is 5.70. The van der Waals surface area contributed by atoms with Crippen LogP contribution in [-0.2, 0) is 0 Å². The molecule has 0 saturated heterocycles. The normalized spacial score (nSPS) is 10.7. The average molecular weight is 314 g/mol. The lowest BCUT2D eigenvalue weighted by Crippen LogP contribution is -2.17. The van der Waals surface area contributed by atoms with Gasteiger partial charge in [-0.05, 0) is 39.8 Å². The molecule has 1 heterocycles. The molecule has 6 heteroatoms. The Morgan fingerprint density at radius 2 is 1.87 bits per heavy atom. The first kappa shape index (κ1) is 16.7. The molecule has 2 aromatic rings. The van der Waals surface area contributed by atoms with Crippen LogP contribution in [0.25, 0.3) is 0 Å². The van der Waals surface area contributed by atoms with Gasteiger partial charge in [0.1, 0.15) is 23.6 Å². The number of hydrogen-bond donors (Lipinski definition) is 2. The van der Waals surface area contributed by atoms with Gasteiger partial charge in [0.15, 0.2) is 0 Å². The van der Waals surface area contributed by atoms with Gasteiger partial charge in [-0.25, -0.2) is 9.97 Å². The molecule has 0 aliphatic carbocycles. The largest absolute Gasteiger partial charge is 0.489 e. The maximum Gasteiger partial charge on any atom is 0.274 e. The molecule has 2 rings (SSSR count). The Morgan fingerprint density at radius 3 is 2.57 bits per heavy atom. The molecule has 0 unspecified atom stereocenters. The fourth-order valence-corrected chi connectivity index (χ4v) is 1.97. The fraction of sp³-hybridized carbons (Fsp3) is 0.353. The number of nitrogens with one attached hydrogen (secondary N) is 2. The summed E-state index contributed by atoms with van der Waals surface area (Å²) in [5, 5.41) is 5.98. The average Bonchev–Trinajstić information content (AvgIpc) is 2.48. The minimum Gasteiger partial charge on any atom is -0.489 e. The summed E-state index contributed by atoms with van der Waals surface area (Å²) in [6.45, 7) is 7.88. The lowest BCUT2D eigenvalue weighted by Gasteiger charge is -2.15. The number of carbonyl (C=O) groups excluding carboxylic acids is 1. The summed E-state index contributed by atoms with van der Waals surface area (Å²) in [7, 11) is 0. The number of aromatic nitrogens is 2. The fourth-order valence-electron chi connectivity index (χ4n) is 1.97. The van der Waals surface area contributed by atoms with E-state index in [9.17, 15) is 4.79 Å². The molecule has 0 atom stereocenters. The Balaban J connectivity index is 2.16. The zero-order valence-corrected chi connectivity index (χ0v) is 13.8. The van der Waals surface area contributed by atoms with Crippen molar-refractivity contribution in [3.63, 3.8) is 0 Å². The van der Waals surface area contributed by atoms with E-state index in [-0.39, 0.29) is 18.1 Å². The number of amides is 1. The zero-order chi connectivity index (χ0) is 16.8. The molecule has 6 nitrogen and oxygen atoms in total. The van der Waals surface area contributed by atoms with E-state index >= 15 is 0 Å². The first-order valence-corrected chi connectivity index (χ1v) is 7.61. The van der Waals surface area contributed by atoms with Crippen LogP contribution >= 0.6 is 0 Å². The number of hydrogen-bond acceptors (Lipinski definition) is 5. The molecule has 1 amide bonds. The second kappa shape index (κ2) is 7.58. The highest BCUT2D eigenvalue weighted by atomic mass is 16.5. The van der Waals surface area contributed by atoms with E-state index in [0.717, 1.165) is 0 Å². The van der Waals surface area contributed by atoms with Crippen molar-refractivity contribution in [2.45, 2.75) is 39.8 Å². The van der Waals surface area contributed by atoms with Gasteiger partial charge < -0.3 is 15.4 Å². The second-order valence-corrected chi connectivity index (χ2v) is 5.70. The highest BCUT2D eigenvalue weighted by Crippen LogP contribution is 2.25. The molecule has 0 spiro atoms. The number of para-hydroxylation sites is 2. The topological polar surface area (TPSA) is 76.1 Å². The van der Waals surface area contributed by atoms with Crippen LogP contribution < -0.4 is 15.4 Å². The quantitative estimate of drug-likeness (QED) is 0.855. The summed E-state index contributed by atoms with van der Waals surface area (Å²) in [4.78, 5) is 20.5. The van der Waals surface area contributed by atoms with Crippen molar-refractivity contribution >= 4 is 17.4 Å². The van der Waals surface area contributed by atoms with Crippen molar-refractivity contribution in [3.8, 4) is 5.75 Å². The van der Waals surface area contributed by atoms with Crippen LogP contribution in [0.4, 0.5) is 11.5 Å². The number of rotatable bonds is 6. The Kier molecular flexibility index (Phi) is 5.51. The van der Waals surface area contributed by atoms with Crippen LogP contribution in [0.1, 0.15) is 38.2 Å². The third-order valence-corrected chi connectivity index (χ3v) is 2.83. The van der Waals surface area contributed by atoms with E-state index in [2.05, 4.69) is 20.6 Å². The smallest absolute Gasteiger partial charge is 0.274 e. The molecule has 23 heavy (non-hydrogen) atoms. The van der Waals surface area contributed by atoms with Crippen LogP contribution in [-0.4, -0.2) is 28.0 Å². The molecule has 0 aliphatic heterocycles. The van der Waals surface area contributed by atoms with Crippen LogP contribution in [0.3, 0.4) is 0 Å². The highest BCUT2D eigenvalue weighted by molar-refractivity contribution is 6.04. The summed E-state index contributed by atoms with van der Waals surface area (Å²) in [5.41, 5.74) is 0.908. The lowest BCUT2D eigenvalue weighted by molar-refractivity contribution is 0.102. The predicted octanol–water partition coefficient (Wildman–Crippen LogP) is 3.34. The summed E-state index contributed by atoms with van der Waals surface area (Å²) < 4.78 is 5.70. The third kappa shape index (κ3) is 4.95. The predicted molar refractivity (Wildman–Crippen MR) is 90.9 cm³/mol. The van der Waals surface area contributed by atoms with Gasteiger partial charge in [0, 0.05) is 12.1 Å². The minimum atomic E-state index is -0.306. The van der Waals surface area contributed by atoms with Gasteiger partial charge in [-0.15, -0.1) is 0 Å². The molecule has 0 fully saturated rings. The maximum absolute atomic E-state index is 12.4.